The van der Waals surface area contributed by atoms with Crippen LogP contribution in [0.1, 0.15) is 11.1 Å². The van der Waals surface area contributed by atoms with Gasteiger partial charge in [-0.05, 0) is 11.6 Å². The fourth-order valence-electron chi connectivity index (χ4n) is 3.35. The lowest BCUT2D eigenvalue weighted by Gasteiger charge is -2.13. The summed E-state index contributed by atoms with van der Waals surface area (Å²) in [6.45, 7) is 0. The fraction of sp³-hybridized carbons (Fsp3) is 0. The molecule has 8 heteroatoms. The number of hydrogen-bond acceptors (Lipinski definition) is 6. The van der Waals surface area contributed by atoms with Crippen LogP contribution >= 0.6 is 0 Å². The number of nitrogens with two attached hydrogens (primary N) is 1. The predicted octanol–water partition coefficient (Wildman–Crippen LogP) is 4.13. The molecule has 0 fully saturated rings. The molecule has 0 saturated heterocycles. The monoisotopic (exact) mass is 380 g/mol. The van der Waals surface area contributed by atoms with E-state index in [1.807, 2.05) is 30.3 Å². The number of nitro groups is 1. The summed E-state index contributed by atoms with van der Waals surface area (Å²) in [6.07, 6.45) is 1.72. The maximum Gasteiger partial charge on any atom is 0.270 e. The minimum atomic E-state index is -0.535. The van der Waals surface area contributed by atoms with E-state index in [9.17, 15) is 20.6 Å². The molecule has 0 aliphatic carbocycles. The van der Waals surface area contributed by atoms with Crippen LogP contribution in [0.15, 0.2) is 54.7 Å². The Labute approximate surface area is 164 Å². The van der Waals surface area contributed by atoms with E-state index in [-0.39, 0.29) is 28.2 Å². The maximum atomic E-state index is 11.2. The minimum absolute atomic E-state index is 0.00522. The van der Waals surface area contributed by atoms with Crippen molar-refractivity contribution >= 4 is 22.4 Å². The lowest BCUT2D eigenvalue weighted by Crippen LogP contribution is -2.04. The third kappa shape index (κ3) is 2.82. The molecule has 2 heterocycles. The number of aromatic amines is 1. The third-order valence-electron chi connectivity index (χ3n) is 4.64. The Morgan fingerprint density at radius 3 is 2.55 bits per heavy atom. The number of nitro benzene ring substituents is 1. The Balaban J connectivity index is 2.09. The molecule has 0 aliphatic heterocycles. The van der Waals surface area contributed by atoms with Gasteiger partial charge >= 0.3 is 0 Å². The highest BCUT2D eigenvalue weighted by molar-refractivity contribution is 5.98. The van der Waals surface area contributed by atoms with Crippen molar-refractivity contribution < 1.29 is 4.92 Å². The molecule has 2 aromatic heterocycles. The van der Waals surface area contributed by atoms with E-state index in [1.54, 1.807) is 12.3 Å². The van der Waals surface area contributed by atoms with E-state index < -0.39 is 4.92 Å². The van der Waals surface area contributed by atoms with Crippen molar-refractivity contribution in [2.24, 2.45) is 0 Å². The second kappa shape index (κ2) is 6.80. The van der Waals surface area contributed by atoms with Gasteiger partial charge in [-0.1, -0.05) is 30.3 Å². The summed E-state index contributed by atoms with van der Waals surface area (Å²) >= 11 is 0. The Morgan fingerprint density at radius 2 is 1.83 bits per heavy atom. The molecular weight excluding hydrogens is 368 g/mol. The molecule has 4 aromatic rings. The van der Waals surface area contributed by atoms with Crippen LogP contribution in [-0.4, -0.2) is 14.9 Å². The highest BCUT2D eigenvalue weighted by Gasteiger charge is 2.23. The first-order chi connectivity index (χ1) is 14.0. The number of hydrogen-bond donors (Lipinski definition) is 2. The van der Waals surface area contributed by atoms with Crippen LogP contribution in [0, 0.1) is 32.8 Å². The number of non-ortho nitro benzene ring substituents is 1. The van der Waals surface area contributed by atoms with Gasteiger partial charge in [-0.25, -0.2) is 4.98 Å². The summed E-state index contributed by atoms with van der Waals surface area (Å²) in [6, 6.07) is 17.4. The van der Waals surface area contributed by atoms with Gasteiger partial charge in [0, 0.05) is 40.4 Å². The summed E-state index contributed by atoms with van der Waals surface area (Å²) in [7, 11) is 0. The second-order valence-electron chi connectivity index (χ2n) is 6.25. The zero-order valence-electron chi connectivity index (χ0n) is 14.9. The molecule has 0 atom stereocenters. The average Bonchev–Trinajstić information content (AvgIpc) is 3.17. The van der Waals surface area contributed by atoms with Crippen LogP contribution in [0.5, 0.6) is 0 Å². The number of para-hydroxylation sites is 1. The molecule has 0 spiro atoms. The van der Waals surface area contributed by atoms with E-state index in [1.165, 1.54) is 18.2 Å². The van der Waals surface area contributed by atoms with Gasteiger partial charge in [0.2, 0.25) is 0 Å². The number of nitrogens with zero attached hydrogens (tertiary/aromatic N) is 4. The van der Waals surface area contributed by atoms with E-state index in [4.69, 9.17) is 5.73 Å². The Morgan fingerprint density at radius 1 is 1.07 bits per heavy atom. The average molecular weight is 380 g/mol. The number of pyridine rings is 1. The van der Waals surface area contributed by atoms with Gasteiger partial charge in [-0.15, -0.1) is 0 Å². The quantitative estimate of drug-likeness (QED) is 0.403. The molecule has 4 rings (SSSR count). The van der Waals surface area contributed by atoms with Crippen LogP contribution < -0.4 is 5.73 Å². The molecule has 0 bridgehead atoms. The SMILES string of the molecule is N#Cc1c(N)nc(-c2c[nH]c3ccccc23)c(C#N)c1-c1cccc([N+](=O)[O-])c1. The Hall–Kier alpha value is -4.69. The summed E-state index contributed by atoms with van der Waals surface area (Å²) in [5.74, 6) is -0.0479. The van der Waals surface area contributed by atoms with Crippen molar-refractivity contribution in [2.45, 2.75) is 0 Å². The third-order valence-corrected chi connectivity index (χ3v) is 4.64. The molecule has 29 heavy (non-hydrogen) atoms. The van der Waals surface area contributed by atoms with Crippen LogP contribution in [0.25, 0.3) is 33.3 Å². The molecule has 0 unspecified atom stereocenters. The molecule has 0 aliphatic rings. The summed E-state index contributed by atoms with van der Waals surface area (Å²) < 4.78 is 0. The number of nitrogen functional groups attached to an aromatic ring is 1. The van der Waals surface area contributed by atoms with E-state index in [0.717, 1.165) is 10.9 Å². The maximum absolute atomic E-state index is 11.2. The predicted molar refractivity (Wildman–Crippen MR) is 107 cm³/mol. The molecule has 0 amide bonds. The lowest BCUT2D eigenvalue weighted by atomic mass is 9.92. The van der Waals surface area contributed by atoms with Crippen LogP contribution in [-0.2, 0) is 0 Å². The normalized spacial score (nSPS) is 10.4. The molecule has 8 nitrogen and oxygen atoms in total. The smallest absolute Gasteiger partial charge is 0.270 e. The standard InChI is InChI=1S/C21H12N6O2/c22-9-15-19(12-4-3-5-13(8-12)27(28)29)16(10-23)21(24)26-20(15)17-11-25-18-7-2-1-6-14(17)18/h1-8,11,25H,(H2,24,26). The first-order valence-electron chi connectivity index (χ1n) is 8.50. The number of aromatic nitrogens is 2. The van der Waals surface area contributed by atoms with Crippen molar-refractivity contribution in [3.63, 3.8) is 0 Å². The second-order valence-corrected chi connectivity index (χ2v) is 6.25. The first kappa shape index (κ1) is 17.7. The summed E-state index contributed by atoms with van der Waals surface area (Å²) in [4.78, 5) is 18.1. The van der Waals surface area contributed by atoms with Crippen LogP contribution in [0.3, 0.4) is 0 Å². The molecule has 0 saturated carbocycles. The van der Waals surface area contributed by atoms with Gasteiger partial charge in [0.25, 0.3) is 5.69 Å². The van der Waals surface area contributed by atoms with Crippen molar-refractivity contribution in [1.82, 2.24) is 9.97 Å². The summed E-state index contributed by atoms with van der Waals surface area (Å²) in [5.41, 5.74) is 8.43. The fourth-order valence-corrected chi connectivity index (χ4v) is 3.35. The van der Waals surface area contributed by atoms with Crippen LogP contribution in [0.4, 0.5) is 11.5 Å². The Bertz CT molecular complexity index is 1370. The molecule has 138 valence electrons. The summed E-state index contributed by atoms with van der Waals surface area (Å²) in [5, 5.41) is 31.6. The van der Waals surface area contributed by atoms with Crippen LogP contribution in [0.2, 0.25) is 0 Å². The highest BCUT2D eigenvalue weighted by atomic mass is 16.6. The number of fused-ring (bicyclic) bond motifs is 1. The highest BCUT2D eigenvalue weighted by Crippen LogP contribution is 2.38. The van der Waals surface area contributed by atoms with Gasteiger partial charge in [-0.2, -0.15) is 10.5 Å². The number of anilines is 1. The number of nitrogens with one attached hydrogen (secondary N) is 1. The largest absolute Gasteiger partial charge is 0.383 e. The van der Waals surface area contributed by atoms with Gasteiger partial charge in [0.05, 0.1) is 16.2 Å². The molecule has 0 radical (unpaired) electrons. The zero-order chi connectivity index (χ0) is 20.5. The Kier molecular flexibility index (Phi) is 4.15. The van der Waals surface area contributed by atoms with Crippen molar-refractivity contribution in [1.29, 1.82) is 10.5 Å². The minimum Gasteiger partial charge on any atom is -0.383 e. The molecule has 3 N–H and O–H groups in total. The van der Waals surface area contributed by atoms with Gasteiger partial charge in [0.15, 0.2) is 0 Å². The number of nitriles is 2. The van der Waals surface area contributed by atoms with E-state index in [2.05, 4.69) is 16.0 Å². The van der Waals surface area contributed by atoms with E-state index in [0.29, 0.717) is 16.8 Å². The van der Waals surface area contributed by atoms with E-state index >= 15 is 0 Å². The number of benzene rings is 2. The number of H-pyrrole nitrogens is 1. The zero-order valence-corrected chi connectivity index (χ0v) is 14.9. The lowest BCUT2D eigenvalue weighted by molar-refractivity contribution is -0.384. The number of rotatable bonds is 3. The molecule has 2 aromatic carbocycles. The first-order valence-corrected chi connectivity index (χ1v) is 8.50. The van der Waals surface area contributed by atoms with Crippen molar-refractivity contribution in [3.8, 4) is 34.5 Å². The molecular formula is C21H12N6O2. The van der Waals surface area contributed by atoms with Gasteiger partial charge < -0.3 is 10.7 Å². The van der Waals surface area contributed by atoms with Crippen molar-refractivity contribution in [2.75, 3.05) is 5.73 Å². The topological polar surface area (TPSA) is 145 Å². The van der Waals surface area contributed by atoms with Gasteiger partial charge in [-0.3, -0.25) is 10.1 Å². The van der Waals surface area contributed by atoms with Gasteiger partial charge in [0.1, 0.15) is 23.5 Å². The van der Waals surface area contributed by atoms with Crippen molar-refractivity contribution in [3.05, 3.63) is 76.0 Å².